The molecule has 3 aromatic carbocycles. The van der Waals surface area contributed by atoms with Gasteiger partial charge in [-0.1, -0.05) is 92.7 Å². The second-order valence-corrected chi connectivity index (χ2v) is 9.47. The lowest BCUT2D eigenvalue weighted by Crippen LogP contribution is -2.43. The highest BCUT2D eigenvalue weighted by molar-refractivity contribution is 5.91. The number of nitrogens with one attached hydrogen (secondary N) is 2. The third-order valence-electron chi connectivity index (χ3n) is 6.03. The van der Waals surface area contributed by atoms with Crippen LogP contribution in [0.15, 0.2) is 84.9 Å². The van der Waals surface area contributed by atoms with Gasteiger partial charge in [-0.25, -0.2) is 0 Å². The van der Waals surface area contributed by atoms with Crippen LogP contribution >= 0.6 is 0 Å². The Morgan fingerprint density at radius 2 is 1.46 bits per heavy atom. The molecule has 3 rings (SSSR count). The molecule has 37 heavy (non-hydrogen) atoms. The van der Waals surface area contributed by atoms with E-state index in [1.165, 1.54) is 0 Å². The van der Waals surface area contributed by atoms with Gasteiger partial charge < -0.3 is 15.4 Å². The average molecular weight is 501 g/mol. The average Bonchev–Trinajstić information content (AvgIpc) is 2.91. The molecule has 0 aliphatic heterocycles. The smallest absolute Gasteiger partial charge is 0.306 e. The molecule has 6 nitrogen and oxygen atoms in total. The Bertz CT molecular complexity index is 1160. The third kappa shape index (κ3) is 8.60. The van der Waals surface area contributed by atoms with Crippen LogP contribution in [-0.4, -0.2) is 24.4 Å². The maximum atomic E-state index is 13.5. The van der Waals surface area contributed by atoms with E-state index < -0.39 is 17.9 Å². The molecule has 0 aliphatic rings. The van der Waals surface area contributed by atoms with Gasteiger partial charge in [-0.05, 0) is 47.6 Å². The van der Waals surface area contributed by atoms with Gasteiger partial charge in [-0.3, -0.25) is 14.4 Å². The van der Waals surface area contributed by atoms with Crippen LogP contribution in [0.2, 0.25) is 0 Å². The van der Waals surface area contributed by atoms with Gasteiger partial charge in [0.2, 0.25) is 11.8 Å². The van der Waals surface area contributed by atoms with E-state index in [-0.39, 0.29) is 30.8 Å². The molecule has 0 saturated carbocycles. The van der Waals surface area contributed by atoms with E-state index >= 15 is 0 Å². The molecule has 2 amide bonds. The quantitative estimate of drug-likeness (QED) is 0.324. The number of amides is 2. The molecular weight excluding hydrogens is 464 g/mol. The molecule has 0 aromatic heterocycles. The monoisotopic (exact) mass is 500 g/mol. The van der Waals surface area contributed by atoms with E-state index in [2.05, 4.69) is 10.6 Å². The van der Waals surface area contributed by atoms with Crippen LogP contribution < -0.4 is 10.6 Å². The highest BCUT2D eigenvalue weighted by atomic mass is 16.5. The third-order valence-corrected chi connectivity index (χ3v) is 6.03. The SMILES string of the molecule is CCOC(=O)C[C@@H](CC(C)C)C(=O)N[C@@H](C(=O)NCc1ccccc1)c1cccc(-c2ccccc2)c1. The first kappa shape index (κ1) is 27.7. The Morgan fingerprint density at radius 1 is 0.811 bits per heavy atom. The van der Waals surface area contributed by atoms with E-state index in [0.29, 0.717) is 18.5 Å². The summed E-state index contributed by atoms with van der Waals surface area (Å²) in [5, 5.41) is 5.90. The van der Waals surface area contributed by atoms with Gasteiger partial charge in [-0.15, -0.1) is 0 Å². The largest absolute Gasteiger partial charge is 0.466 e. The summed E-state index contributed by atoms with van der Waals surface area (Å²) in [6, 6.07) is 26.2. The van der Waals surface area contributed by atoms with Gasteiger partial charge in [0.1, 0.15) is 6.04 Å². The Labute approximate surface area is 219 Å². The minimum atomic E-state index is -0.920. The van der Waals surface area contributed by atoms with Crippen LogP contribution in [0.5, 0.6) is 0 Å². The van der Waals surface area contributed by atoms with Crippen molar-refractivity contribution in [2.75, 3.05) is 6.61 Å². The minimum Gasteiger partial charge on any atom is -0.466 e. The molecule has 0 fully saturated rings. The minimum absolute atomic E-state index is 0.0275. The zero-order valence-electron chi connectivity index (χ0n) is 21.8. The second-order valence-electron chi connectivity index (χ2n) is 9.47. The number of hydrogen-bond donors (Lipinski definition) is 2. The zero-order chi connectivity index (χ0) is 26.6. The van der Waals surface area contributed by atoms with Crippen LogP contribution in [0, 0.1) is 11.8 Å². The van der Waals surface area contributed by atoms with E-state index in [9.17, 15) is 14.4 Å². The molecule has 0 unspecified atom stereocenters. The lowest BCUT2D eigenvalue weighted by atomic mass is 9.92. The topological polar surface area (TPSA) is 84.5 Å². The van der Waals surface area contributed by atoms with Gasteiger partial charge in [0.15, 0.2) is 0 Å². The van der Waals surface area contributed by atoms with Gasteiger partial charge in [0.05, 0.1) is 13.0 Å². The van der Waals surface area contributed by atoms with Gasteiger partial charge >= 0.3 is 5.97 Å². The van der Waals surface area contributed by atoms with Crippen LogP contribution in [0.3, 0.4) is 0 Å². The van der Waals surface area contributed by atoms with Crippen molar-refractivity contribution >= 4 is 17.8 Å². The molecule has 6 heteroatoms. The standard InChI is InChI=1S/C31H36N2O4/c1-4-37-28(34)20-27(18-22(2)3)30(35)33-29(31(36)32-21-23-12-7-5-8-13-23)26-17-11-16-25(19-26)24-14-9-6-10-15-24/h5-17,19,22,27,29H,4,18,20-21H2,1-3H3,(H,32,36)(H,33,35)/t27-,29-/m1/s1. The van der Waals surface area contributed by atoms with Gasteiger partial charge in [-0.2, -0.15) is 0 Å². The molecule has 3 aromatic rings. The fraction of sp³-hybridized carbons (Fsp3) is 0.323. The Kier molecular flexibility index (Phi) is 10.4. The van der Waals surface area contributed by atoms with Crippen molar-refractivity contribution in [2.45, 2.75) is 46.2 Å². The Morgan fingerprint density at radius 3 is 2.11 bits per heavy atom. The number of ether oxygens (including phenoxy) is 1. The first-order valence-electron chi connectivity index (χ1n) is 12.8. The maximum Gasteiger partial charge on any atom is 0.306 e. The maximum absolute atomic E-state index is 13.5. The normalized spacial score (nSPS) is 12.4. The van der Waals surface area contributed by atoms with Crippen molar-refractivity contribution in [1.29, 1.82) is 0 Å². The summed E-state index contributed by atoms with van der Waals surface area (Å²) in [7, 11) is 0. The lowest BCUT2D eigenvalue weighted by Gasteiger charge is -2.24. The molecule has 0 aliphatic carbocycles. The van der Waals surface area contributed by atoms with Crippen molar-refractivity contribution in [2.24, 2.45) is 11.8 Å². The lowest BCUT2D eigenvalue weighted by molar-refractivity contribution is -0.146. The van der Waals surface area contributed by atoms with E-state index in [1.54, 1.807) is 6.92 Å². The van der Waals surface area contributed by atoms with Crippen molar-refractivity contribution in [3.63, 3.8) is 0 Å². The number of carbonyl (C=O) groups is 3. The number of rotatable bonds is 12. The van der Waals surface area contributed by atoms with E-state index in [1.807, 2.05) is 98.8 Å². The summed E-state index contributed by atoms with van der Waals surface area (Å²) in [6.07, 6.45) is 0.479. The van der Waals surface area contributed by atoms with Crippen LogP contribution in [-0.2, 0) is 25.7 Å². The highest BCUT2D eigenvalue weighted by Crippen LogP contribution is 2.25. The van der Waals surface area contributed by atoms with Crippen LogP contribution in [0.4, 0.5) is 0 Å². The number of esters is 1. The van der Waals surface area contributed by atoms with Crippen LogP contribution in [0.25, 0.3) is 11.1 Å². The molecule has 0 heterocycles. The number of benzene rings is 3. The number of hydrogen-bond acceptors (Lipinski definition) is 4. The Hall–Kier alpha value is -3.93. The summed E-state index contributed by atoms with van der Waals surface area (Å²) in [5.41, 5.74) is 3.58. The predicted molar refractivity (Wildman–Crippen MR) is 145 cm³/mol. The van der Waals surface area contributed by atoms with Crippen molar-refractivity contribution in [3.05, 3.63) is 96.1 Å². The molecule has 0 bridgehead atoms. The summed E-state index contributed by atoms with van der Waals surface area (Å²) < 4.78 is 5.10. The van der Waals surface area contributed by atoms with Crippen molar-refractivity contribution < 1.29 is 19.1 Å². The molecule has 194 valence electrons. The molecule has 2 N–H and O–H groups in total. The Balaban J connectivity index is 1.87. The summed E-state index contributed by atoms with van der Waals surface area (Å²) in [6.45, 7) is 6.33. The summed E-state index contributed by atoms with van der Waals surface area (Å²) >= 11 is 0. The molecule has 0 saturated heterocycles. The predicted octanol–water partition coefficient (Wildman–Crippen LogP) is 5.44. The summed E-state index contributed by atoms with van der Waals surface area (Å²) in [4.78, 5) is 39.1. The van der Waals surface area contributed by atoms with Crippen molar-refractivity contribution in [1.82, 2.24) is 10.6 Å². The zero-order valence-corrected chi connectivity index (χ0v) is 21.8. The van der Waals surface area contributed by atoms with Gasteiger partial charge in [0.25, 0.3) is 0 Å². The van der Waals surface area contributed by atoms with Crippen LogP contribution in [0.1, 0.15) is 50.8 Å². The fourth-order valence-electron chi connectivity index (χ4n) is 4.25. The van der Waals surface area contributed by atoms with Gasteiger partial charge in [0, 0.05) is 12.5 Å². The first-order chi connectivity index (χ1) is 17.9. The van der Waals surface area contributed by atoms with E-state index in [4.69, 9.17) is 4.74 Å². The van der Waals surface area contributed by atoms with E-state index in [0.717, 1.165) is 16.7 Å². The van der Waals surface area contributed by atoms with Crippen molar-refractivity contribution in [3.8, 4) is 11.1 Å². The highest BCUT2D eigenvalue weighted by Gasteiger charge is 2.29. The molecular formula is C31H36N2O4. The second kappa shape index (κ2) is 14.0. The molecule has 0 radical (unpaired) electrons. The first-order valence-corrected chi connectivity index (χ1v) is 12.8. The number of carbonyl (C=O) groups excluding carboxylic acids is 3. The molecule has 2 atom stereocenters. The molecule has 0 spiro atoms. The summed E-state index contributed by atoms with van der Waals surface area (Å²) in [5.74, 6) is -1.48. The fourth-order valence-corrected chi connectivity index (χ4v) is 4.25.